The largest absolute Gasteiger partial charge is 0.370 e. The predicted octanol–water partition coefficient (Wildman–Crippen LogP) is -0.995. The van der Waals surface area contributed by atoms with Gasteiger partial charge < -0.3 is 43.8 Å². The van der Waals surface area contributed by atoms with Gasteiger partial charge in [-0.2, -0.15) is 11.8 Å². The van der Waals surface area contributed by atoms with Crippen molar-refractivity contribution in [1.29, 1.82) is 0 Å². The summed E-state index contributed by atoms with van der Waals surface area (Å²) in [7, 11) is 0. The maximum Gasteiger partial charge on any atom is 0.243 e. The van der Waals surface area contributed by atoms with Gasteiger partial charge in [0.05, 0.1) is 12.6 Å². The van der Waals surface area contributed by atoms with Crippen LogP contribution in [0.25, 0.3) is 0 Å². The summed E-state index contributed by atoms with van der Waals surface area (Å²) < 4.78 is 0. The molecule has 0 aliphatic carbocycles. The van der Waals surface area contributed by atoms with Gasteiger partial charge in [-0.3, -0.25) is 33.6 Å². The van der Waals surface area contributed by atoms with Crippen LogP contribution in [-0.4, -0.2) is 90.1 Å². The lowest BCUT2D eigenvalue weighted by Gasteiger charge is -2.25. The number of amides is 7. The zero-order valence-corrected chi connectivity index (χ0v) is 30.6. The lowest BCUT2D eigenvalue weighted by molar-refractivity contribution is -0.133. The molecule has 0 aliphatic rings. The first-order chi connectivity index (χ1) is 24.7. The molecule has 0 spiro atoms. The van der Waals surface area contributed by atoms with Gasteiger partial charge in [-0.15, -0.1) is 0 Å². The van der Waals surface area contributed by atoms with Crippen LogP contribution in [0.4, 0.5) is 0 Å². The van der Waals surface area contributed by atoms with E-state index in [2.05, 4.69) is 38.7 Å². The Kier molecular flexibility index (Phi) is 18.7. The molecule has 282 valence electrons. The van der Waals surface area contributed by atoms with Crippen LogP contribution in [-0.2, 0) is 46.4 Å². The first-order valence-corrected chi connectivity index (χ1v) is 18.3. The second-order valence-corrected chi connectivity index (χ2v) is 13.6. The second-order valence-electron chi connectivity index (χ2n) is 12.7. The maximum atomic E-state index is 13.7. The molecule has 15 nitrogen and oxygen atoms in total. The summed E-state index contributed by atoms with van der Waals surface area (Å²) in [5, 5.41) is 13.1. The van der Waals surface area contributed by atoms with E-state index in [-0.39, 0.29) is 38.0 Å². The van der Waals surface area contributed by atoms with Crippen molar-refractivity contribution in [2.75, 3.05) is 18.6 Å². The third kappa shape index (κ3) is 16.3. The Labute approximate surface area is 308 Å². The number of nitrogens with one attached hydrogen (secondary N) is 5. The Morgan fingerprint density at radius 1 is 0.750 bits per heavy atom. The van der Waals surface area contributed by atoms with E-state index in [1.165, 1.54) is 11.8 Å². The summed E-state index contributed by atoms with van der Waals surface area (Å²) in [6, 6.07) is 14.1. The third-order valence-electron chi connectivity index (χ3n) is 7.77. The fraction of sp³-hybridized carbons (Fsp3) is 0.472. The van der Waals surface area contributed by atoms with Gasteiger partial charge >= 0.3 is 0 Å². The fourth-order valence-corrected chi connectivity index (χ4v) is 5.48. The van der Waals surface area contributed by atoms with Crippen LogP contribution in [0, 0.1) is 18.1 Å². The smallest absolute Gasteiger partial charge is 0.243 e. The minimum atomic E-state index is -1.23. The standard InChI is InChI=1S/C36H50N8O7S/c1-22(2)18-27(35(50)42-26(32(39)47)16-17-52-3)41-31(46)21-40-34(49)28(19-23-10-6-4-7-11-23)44-36(51)29(20-24-12-8-5-9-13-24)43-33(48)25(37)14-15-30(38)45/h4-6,8-10,12-13,22,25-29H,14-21,37H2,1-3H3,(H2,38,45)(H2,39,47)(H,40,49)(H,41,46)(H,42,50)(H,43,48)(H,44,51)/t25-,26-,27-,28-,29-/m0/s1. The Balaban J connectivity index is 2.21. The zero-order valence-electron chi connectivity index (χ0n) is 29.7. The molecule has 2 rings (SSSR count). The molecular formula is C36H50N8O7S. The molecule has 7 amide bonds. The molecule has 0 aromatic heterocycles. The van der Waals surface area contributed by atoms with Gasteiger partial charge in [-0.05, 0) is 54.9 Å². The third-order valence-corrected chi connectivity index (χ3v) is 8.42. The van der Waals surface area contributed by atoms with Crippen LogP contribution in [0.5, 0.6) is 0 Å². The van der Waals surface area contributed by atoms with E-state index in [0.29, 0.717) is 23.3 Å². The van der Waals surface area contributed by atoms with Crippen LogP contribution in [0.1, 0.15) is 50.7 Å². The van der Waals surface area contributed by atoms with Gasteiger partial charge in [0.1, 0.15) is 24.2 Å². The molecule has 0 saturated carbocycles. The Morgan fingerprint density at radius 2 is 1.38 bits per heavy atom. The van der Waals surface area contributed by atoms with Crippen molar-refractivity contribution in [1.82, 2.24) is 26.6 Å². The molecule has 16 heteroatoms. The highest BCUT2D eigenvalue weighted by Crippen LogP contribution is 2.09. The van der Waals surface area contributed by atoms with Crippen molar-refractivity contribution in [2.24, 2.45) is 23.1 Å². The number of hydrogen-bond donors (Lipinski definition) is 8. The summed E-state index contributed by atoms with van der Waals surface area (Å²) in [6.45, 7) is 3.18. The number of nitrogens with two attached hydrogens (primary N) is 3. The number of thioether (sulfide) groups is 1. The van der Waals surface area contributed by atoms with Gasteiger partial charge in [0.15, 0.2) is 0 Å². The Morgan fingerprint density at radius 3 is 1.98 bits per heavy atom. The van der Waals surface area contributed by atoms with Gasteiger partial charge in [0.25, 0.3) is 0 Å². The Bertz CT molecular complexity index is 1500. The van der Waals surface area contributed by atoms with Crippen molar-refractivity contribution in [3.8, 4) is 0 Å². The van der Waals surface area contributed by atoms with E-state index in [0.717, 1.165) is 0 Å². The monoisotopic (exact) mass is 738 g/mol. The molecule has 2 aromatic rings. The van der Waals surface area contributed by atoms with Crippen molar-refractivity contribution < 1.29 is 33.6 Å². The first kappa shape index (κ1) is 43.0. The molecular weight excluding hydrogens is 689 g/mol. The SMILES string of the molecule is CSCC[C@H](NC(=O)[C@H](CC(C)C)NC(=O)CNC(=O)[C@H](Cc1c#cccc1)NC(=O)[C@H](Cc1ccccc1)NC(=O)[C@@H](N)CCC(N)=O)C(N)=O. The summed E-state index contributed by atoms with van der Waals surface area (Å²) >= 11 is 1.49. The minimum absolute atomic E-state index is 0.00980. The lowest BCUT2D eigenvalue weighted by Crippen LogP contribution is -2.58. The Hall–Kier alpha value is -5.14. The van der Waals surface area contributed by atoms with Gasteiger partial charge in [-0.25, -0.2) is 0 Å². The molecule has 0 heterocycles. The first-order valence-electron chi connectivity index (χ1n) is 16.9. The van der Waals surface area contributed by atoms with Crippen molar-refractivity contribution in [2.45, 2.75) is 82.6 Å². The topological polar surface area (TPSA) is 258 Å². The summed E-state index contributed by atoms with van der Waals surface area (Å²) in [5.41, 5.74) is 17.9. The predicted molar refractivity (Wildman–Crippen MR) is 197 cm³/mol. The van der Waals surface area contributed by atoms with Crippen molar-refractivity contribution in [3.63, 3.8) is 0 Å². The average molecular weight is 739 g/mol. The van der Waals surface area contributed by atoms with Gasteiger partial charge in [0.2, 0.25) is 41.4 Å². The van der Waals surface area contributed by atoms with Crippen LogP contribution >= 0.6 is 11.8 Å². The van der Waals surface area contributed by atoms with Crippen molar-refractivity contribution >= 4 is 53.1 Å². The van der Waals surface area contributed by atoms with E-state index in [9.17, 15) is 33.6 Å². The van der Waals surface area contributed by atoms with E-state index in [1.807, 2.05) is 20.1 Å². The number of benzene rings is 1. The second kappa shape index (κ2) is 22.6. The molecule has 0 unspecified atom stereocenters. The van der Waals surface area contributed by atoms with Crippen molar-refractivity contribution in [3.05, 3.63) is 71.8 Å². The zero-order chi connectivity index (χ0) is 38.6. The molecule has 0 bridgehead atoms. The average Bonchev–Trinajstić information content (AvgIpc) is 3.10. The molecule has 2 aromatic carbocycles. The molecule has 5 atom stereocenters. The van der Waals surface area contributed by atoms with Gasteiger partial charge in [0, 0.05) is 24.8 Å². The van der Waals surface area contributed by atoms with Gasteiger partial charge in [-0.1, -0.05) is 62.4 Å². The summed E-state index contributed by atoms with van der Waals surface area (Å²) in [4.78, 5) is 89.5. The molecule has 0 fully saturated rings. The molecule has 11 N–H and O–H groups in total. The number of hydrogen-bond acceptors (Lipinski definition) is 9. The quantitative estimate of drug-likeness (QED) is 0.0695. The number of rotatable bonds is 23. The highest BCUT2D eigenvalue weighted by atomic mass is 32.2. The van der Waals surface area contributed by atoms with Crippen LogP contribution in [0.15, 0.2) is 48.5 Å². The number of carbonyl (C=O) groups excluding carboxylic acids is 7. The normalized spacial score (nSPS) is 13.6. The molecule has 0 saturated heterocycles. The molecule has 0 aliphatic heterocycles. The summed E-state index contributed by atoms with van der Waals surface area (Å²) in [6.07, 6.45) is 2.29. The lowest BCUT2D eigenvalue weighted by atomic mass is 10.0. The van der Waals surface area contributed by atoms with E-state index < -0.39 is 78.1 Å². The van der Waals surface area contributed by atoms with Crippen LogP contribution in [0.2, 0.25) is 0 Å². The van der Waals surface area contributed by atoms with E-state index >= 15 is 0 Å². The minimum Gasteiger partial charge on any atom is -0.370 e. The molecule has 52 heavy (non-hydrogen) atoms. The van der Waals surface area contributed by atoms with E-state index in [1.54, 1.807) is 48.5 Å². The van der Waals surface area contributed by atoms with Crippen LogP contribution < -0.4 is 43.8 Å². The maximum absolute atomic E-state index is 13.7. The van der Waals surface area contributed by atoms with Crippen LogP contribution in [0.3, 0.4) is 0 Å². The summed E-state index contributed by atoms with van der Waals surface area (Å²) in [5.74, 6) is -4.13. The van der Waals surface area contributed by atoms with E-state index in [4.69, 9.17) is 17.2 Å². The highest BCUT2D eigenvalue weighted by molar-refractivity contribution is 7.98. The molecule has 0 radical (unpaired) electrons. The highest BCUT2D eigenvalue weighted by Gasteiger charge is 2.30. The number of carbonyl (C=O) groups is 7. The number of primary amides is 2. The fourth-order valence-electron chi connectivity index (χ4n) is 5.01.